The summed E-state index contributed by atoms with van der Waals surface area (Å²) in [6.45, 7) is 1.68. The van der Waals surface area contributed by atoms with Crippen LogP contribution in [0.1, 0.15) is 54.4 Å². The van der Waals surface area contributed by atoms with Crippen LogP contribution in [0.2, 0.25) is 10.0 Å². The number of amides is 1. The van der Waals surface area contributed by atoms with E-state index in [0.717, 1.165) is 36.6 Å². The van der Waals surface area contributed by atoms with Crippen LogP contribution >= 0.6 is 23.2 Å². The Hall–Kier alpha value is -1.73. The maximum atomic E-state index is 14.0. The second-order valence-corrected chi connectivity index (χ2v) is 10.5. The predicted octanol–water partition coefficient (Wildman–Crippen LogP) is 5.95. The SMILES string of the molecule is N#Cc1cc2c(c(C(F)(F)F)c1)C(O)(c1ccc(Cl)cc1Cl)C(=O)N2CC1CCC1.NC[N-]CC1CC1.[Ru+]. The Bertz CT molecular complexity index is 1230. The molecule has 1 radical (unpaired) electrons. The largest absolute Gasteiger partial charge is 1.00 e. The standard InChI is InChI=1S/C21H15Cl2F3N2O2.C5H11N2.Ru/c22-13-4-5-14(16(23)8-13)20(30)18-15(21(24,25)26)6-12(9-27)7-17(18)28(19(20)29)10-11-2-1-3-11;6-4-7-3-5-1-2-5;/h4-8,11,30H,1-3,10H2;5H,1-4,6H2;/q;-1;+1. The molecule has 5 rings (SSSR count). The average Bonchev–Trinajstić information content (AvgIpc) is 3.62. The number of alkyl halides is 3. The van der Waals surface area contributed by atoms with Gasteiger partial charge in [0.05, 0.1) is 22.9 Å². The maximum absolute atomic E-state index is 14.0. The van der Waals surface area contributed by atoms with Crippen molar-refractivity contribution in [3.8, 4) is 6.07 Å². The van der Waals surface area contributed by atoms with Crippen LogP contribution in [-0.4, -0.2) is 30.8 Å². The van der Waals surface area contributed by atoms with Gasteiger partial charge in [-0.1, -0.05) is 54.4 Å². The molecule has 12 heteroatoms. The summed E-state index contributed by atoms with van der Waals surface area (Å²) in [7, 11) is 0. The van der Waals surface area contributed by atoms with Gasteiger partial charge in [-0.2, -0.15) is 18.4 Å². The molecule has 2 saturated carbocycles. The van der Waals surface area contributed by atoms with Crippen molar-refractivity contribution in [1.82, 2.24) is 0 Å². The normalized spacial score (nSPS) is 20.6. The molecule has 0 spiro atoms. The van der Waals surface area contributed by atoms with E-state index in [-0.39, 0.29) is 58.8 Å². The van der Waals surface area contributed by atoms with Gasteiger partial charge in [-0.15, -0.1) is 13.2 Å². The maximum Gasteiger partial charge on any atom is 1.00 e. The summed E-state index contributed by atoms with van der Waals surface area (Å²) in [5.41, 5.74) is 0.0763. The molecule has 2 aromatic carbocycles. The number of carbonyl (C=O) groups excluding carboxylic acids is 1. The number of nitrogens with two attached hydrogens (primary N) is 1. The monoisotopic (exact) mass is 655 g/mol. The first-order chi connectivity index (χ1) is 17.5. The van der Waals surface area contributed by atoms with Gasteiger partial charge in [0.25, 0.3) is 5.91 Å². The Kier molecular flexibility index (Phi) is 9.89. The molecule has 1 aliphatic heterocycles. The Labute approximate surface area is 242 Å². The Morgan fingerprint density at radius 2 is 1.84 bits per heavy atom. The molecule has 3 aliphatic rings. The van der Waals surface area contributed by atoms with Gasteiger partial charge in [0, 0.05) is 27.7 Å². The molecular formula is C26H26Cl2F3N4O2Ru. The fourth-order valence-corrected chi connectivity index (χ4v) is 5.17. The number of aliphatic hydroxyl groups is 1. The van der Waals surface area contributed by atoms with Crippen LogP contribution < -0.4 is 10.6 Å². The van der Waals surface area contributed by atoms with Crippen molar-refractivity contribution in [2.24, 2.45) is 17.6 Å². The first-order valence-electron chi connectivity index (χ1n) is 12.0. The molecule has 3 N–H and O–H groups in total. The quantitative estimate of drug-likeness (QED) is 0.376. The van der Waals surface area contributed by atoms with Crippen LogP contribution in [0.25, 0.3) is 5.32 Å². The van der Waals surface area contributed by atoms with E-state index in [0.29, 0.717) is 12.7 Å². The minimum Gasteiger partial charge on any atom is -0.650 e. The van der Waals surface area contributed by atoms with Gasteiger partial charge in [-0.25, -0.2) is 0 Å². The number of halogens is 5. The molecule has 1 heterocycles. The van der Waals surface area contributed by atoms with Crippen LogP contribution in [0.15, 0.2) is 30.3 Å². The van der Waals surface area contributed by atoms with Crippen molar-refractivity contribution in [2.45, 2.75) is 43.9 Å². The van der Waals surface area contributed by atoms with Gasteiger partial charge >= 0.3 is 25.7 Å². The minimum atomic E-state index is -4.91. The van der Waals surface area contributed by atoms with Crippen LogP contribution in [0.3, 0.4) is 0 Å². The number of nitriles is 1. The Balaban J connectivity index is 0.000000435. The van der Waals surface area contributed by atoms with E-state index < -0.39 is 28.8 Å². The molecule has 0 saturated heterocycles. The number of fused-ring (bicyclic) bond motifs is 1. The van der Waals surface area contributed by atoms with E-state index in [1.165, 1.54) is 37.1 Å². The van der Waals surface area contributed by atoms with E-state index in [1.54, 1.807) is 6.07 Å². The molecule has 0 bridgehead atoms. The molecule has 6 nitrogen and oxygen atoms in total. The van der Waals surface area contributed by atoms with Crippen LogP contribution in [-0.2, 0) is 36.0 Å². The Morgan fingerprint density at radius 1 is 1.16 bits per heavy atom. The van der Waals surface area contributed by atoms with Gasteiger partial charge < -0.3 is 21.1 Å². The fourth-order valence-electron chi connectivity index (χ4n) is 4.62. The summed E-state index contributed by atoms with van der Waals surface area (Å²) < 4.78 is 41.9. The summed E-state index contributed by atoms with van der Waals surface area (Å²) in [5, 5.41) is 24.9. The van der Waals surface area contributed by atoms with E-state index in [4.69, 9.17) is 28.9 Å². The summed E-state index contributed by atoms with van der Waals surface area (Å²) in [6, 6.07) is 7.42. The van der Waals surface area contributed by atoms with Gasteiger partial charge in [0.2, 0.25) is 0 Å². The van der Waals surface area contributed by atoms with E-state index >= 15 is 0 Å². The number of hydrogen-bond acceptors (Lipinski definition) is 4. The van der Waals surface area contributed by atoms with E-state index in [2.05, 4.69) is 5.32 Å². The third kappa shape index (κ3) is 6.19. The van der Waals surface area contributed by atoms with Crippen molar-refractivity contribution in [2.75, 3.05) is 24.7 Å². The molecule has 1 atom stereocenters. The molecular weight excluding hydrogens is 629 g/mol. The zero-order valence-electron chi connectivity index (χ0n) is 20.2. The van der Waals surface area contributed by atoms with E-state index in [9.17, 15) is 28.3 Å². The number of carbonyl (C=O) groups is 1. The molecule has 1 unspecified atom stereocenters. The van der Waals surface area contributed by atoms with Crippen molar-refractivity contribution >= 4 is 34.8 Å². The smallest absolute Gasteiger partial charge is 0.650 e. The molecule has 2 fully saturated rings. The number of rotatable bonds is 6. The summed E-state index contributed by atoms with van der Waals surface area (Å²) in [6.07, 6.45) is 0.495. The van der Waals surface area contributed by atoms with Gasteiger partial charge in [-0.3, -0.25) is 4.79 Å². The Morgan fingerprint density at radius 3 is 2.34 bits per heavy atom. The number of benzene rings is 2. The van der Waals surface area contributed by atoms with E-state index in [1.807, 2.05) is 0 Å². The molecule has 0 aromatic heterocycles. The number of nitrogens with zero attached hydrogens (tertiary/aromatic N) is 3. The van der Waals surface area contributed by atoms with Gasteiger partial charge in [-0.05, 0) is 43.0 Å². The average molecular weight is 655 g/mol. The zero-order chi connectivity index (χ0) is 27.0. The molecule has 1 amide bonds. The summed E-state index contributed by atoms with van der Waals surface area (Å²) >= 11 is 12.1. The third-order valence-corrected chi connectivity index (χ3v) is 7.51. The number of anilines is 1. The molecule has 205 valence electrons. The summed E-state index contributed by atoms with van der Waals surface area (Å²) in [4.78, 5) is 14.6. The molecule has 2 aliphatic carbocycles. The van der Waals surface area contributed by atoms with Crippen molar-refractivity contribution in [1.29, 1.82) is 5.26 Å². The predicted molar refractivity (Wildman–Crippen MR) is 135 cm³/mol. The molecule has 38 heavy (non-hydrogen) atoms. The van der Waals surface area contributed by atoms with Gasteiger partial charge in [0.15, 0.2) is 5.60 Å². The molecule has 2 aromatic rings. The zero-order valence-corrected chi connectivity index (χ0v) is 23.5. The van der Waals surface area contributed by atoms with Crippen LogP contribution in [0.4, 0.5) is 18.9 Å². The second kappa shape index (κ2) is 12.2. The topological polar surface area (TPSA) is 104 Å². The third-order valence-electron chi connectivity index (χ3n) is 6.96. The van der Waals surface area contributed by atoms with Crippen LogP contribution in [0.5, 0.6) is 0 Å². The number of hydrogen-bond donors (Lipinski definition) is 2. The fraction of sp³-hybridized carbons (Fsp3) is 0.462. The minimum absolute atomic E-state index is 0. The van der Waals surface area contributed by atoms with Crippen molar-refractivity contribution in [3.05, 3.63) is 67.9 Å². The summed E-state index contributed by atoms with van der Waals surface area (Å²) in [5.74, 6) is 0.0997. The van der Waals surface area contributed by atoms with Crippen molar-refractivity contribution in [3.63, 3.8) is 0 Å². The van der Waals surface area contributed by atoms with Crippen molar-refractivity contribution < 1.29 is 42.6 Å². The second-order valence-electron chi connectivity index (χ2n) is 9.61. The first-order valence-corrected chi connectivity index (χ1v) is 12.7. The van der Waals surface area contributed by atoms with Crippen LogP contribution in [0, 0.1) is 23.2 Å². The van der Waals surface area contributed by atoms with Gasteiger partial charge in [0.1, 0.15) is 0 Å². The first kappa shape index (κ1) is 30.8.